The number of aromatic nitrogens is 4. The van der Waals surface area contributed by atoms with Gasteiger partial charge in [-0.15, -0.1) is 0 Å². The fraction of sp³-hybridized carbons (Fsp3) is 0.250. The summed E-state index contributed by atoms with van der Waals surface area (Å²) in [6.45, 7) is 3.69. The highest BCUT2D eigenvalue weighted by molar-refractivity contribution is 5.91. The van der Waals surface area contributed by atoms with Gasteiger partial charge in [0, 0.05) is 11.3 Å². The van der Waals surface area contributed by atoms with Gasteiger partial charge in [0.2, 0.25) is 0 Å². The van der Waals surface area contributed by atoms with Crippen LogP contribution in [-0.2, 0) is 19.4 Å². The van der Waals surface area contributed by atoms with Crippen molar-refractivity contribution in [3.8, 4) is 17.2 Å². The minimum Gasteiger partial charge on any atom is -0.484 e. The molecule has 0 amide bonds. The Morgan fingerprint density at radius 2 is 1.91 bits per heavy atom. The Morgan fingerprint density at radius 1 is 1.12 bits per heavy atom. The van der Waals surface area contributed by atoms with Crippen molar-refractivity contribution in [2.24, 2.45) is 0 Å². The molecule has 0 atom stereocenters. The molecule has 0 saturated heterocycles. The molecule has 8 nitrogen and oxygen atoms in total. The Balaban J connectivity index is 1.32. The summed E-state index contributed by atoms with van der Waals surface area (Å²) in [7, 11) is 0. The van der Waals surface area contributed by atoms with Gasteiger partial charge in [0.25, 0.3) is 5.89 Å². The first-order valence-corrected chi connectivity index (χ1v) is 10.6. The molecular formula is C24H21FN4O4. The van der Waals surface area contributed by atoms with Crippen LogP contribution in [0.2, 0.25) is 0 Å². The highest BCUT2D eigenvalue weighted by Crippen LogP contribution is 2.30. The molecular weight excluding hydrogens is 427 g/mol. The summed E-state index contributed by atoms with van der Waals surface area (Å²) in [5, 5.41) is 8.13. The lowest BCUT2D eigenvalue weighted by Gasteiger charge is -2.07. The lowest BCUT2D eigenvalue weighted by Crippen LogP contribution is -2.12. The van der Waals surface area contributed by atoms with E-state index >= 15 is 0 Å². The molecule has 0 unspecified atom stereocenters. The van der Waals surface area contributed by atoms with Crippen LogP contribution in [0.5, 0.6) is 11.5 Å². The van der Waals surface area contributed by atoms with E-state index in [0.29, 0.717) is 35.3 Å². The topological polar surface area (TPSA) is 92.3 Å². The second-order valence-corrected chi connectivity index (χ2v) is 7.88. The van der Waals surface area contributed by atoms with Crippen molar-refractivity contribution in [3.05, 3.63) is 82.5 Å². The molecule has 4 aromatic rings. The van der Waals surface area contributed by atoms with E-state index in [-0.39, 0.29) is 18.1 Å². The summed E-state index contributed by atoms with van der Waals surface area (Å²) < 4.78 is 32.2. The smallest absolute Gasteiger partial charge is 0.364 e. The number of fused-ring (bicyclic) bond motifs is 1. The van der Waals surface area contributed by atoms with Crippen LogP contribution < -0.4 is 9.47 Å². The fourth-order valence-corrected chi connectivity index (χ4v) is 3.89. The maximum Gasteiger partial charge on any atom is 0.364 e. The molecule has 9 heteroatoms. The highest BCUT2D eigenvalue weighted by atomic mass is 19.1. The zero-order chi connectivity index (χ0) is 22.9. The maximum atomic E-state index is 14.6. The number of carbonyl (C=O) groups excluding carboxylic acids is 1. The molecule has 0 fully saturated rings. The van der Waals surface area contributed by atoms with Gasteiger partial charge in [-0.25, -0.2) is 13.9 Å². The van der Waals surface area contributed by atoms with Crippen molar-refractivity contribution in [3.63, 3.8) is 0 Å². The first kappa shape index (κ1) is 20.9. The largest absolute Gasteiger partial charge is 0.484 e. The Bertz CT molecular complexity index is 1330. The van der Waals surface area contributed by atoms with Crippen LogP contribution in [0.15, 0.2) is 47.0 Å². The molecule has 0 saturated carbocycles. The number of benzene rings is 2. The Morgan fingerprint density at radius 3 is 2.64 bits per heavy atom. The van der Waals surface area contributed by atoms with Gasteiger partial charge in [-0.05, 0) is 75.1 Å². The number of hydrogen-bond acceptors (Lipinski definition) is 7. The van der Waals surface area contributed by atoms with E-state index in [1.54, 1.807) is 37.3 Å². The third-order valence-electron chi connectivity index (χ3n) is 5.42. The average Bonchev–Trinajstić information content (AvgIpc) is 3.50. The monoisotopic (exact) mass is 448 g/mol. The summed E-state index contributed by atoms with van der Waals surface area (Å²) in [5.74, 6) is 0.870. The standard InChI is InChI=1S/C24H21FN4O4/c1-14-6-11-21(19(25)12-14)29-20-5-3-4-18(20)23(27-29)24(30)32-17-9-7-16(8-10-17)31-13-22-26-15(2)28-33-22/h6-12H,3-5,13H2,1-2H3. The molecule has 2 aromatic heterocycles. The summed E-state index contributed by atoms with van der Waals surface area (Å²) >= 11 is 0. The molecule has 0 aliphatic heterocycles. The molecule has 1 aliphatic carbocycles. The second kappa shape index (κ2) is 8.50. The SMILES string of the molecule is Cc1ccc(-n2nc(C(=O)Oc3ccc(OCc4nc(C)no4)cc3)c3c2CCC3)c(F)c1. The van der Waals surface area contributed by atoms with E-state index in [0.717, 1.165) is 29.7 Å². The van der Waals surface area contributed by atoms with Gasteiger partial charge in [0.15, 0.2) is 18.1 Å². The van der Waals surface area contributed by atoms with Crippen molar-refractivity contribution >= 4 is 5.97 Å². The molecule has 0 bridgehead atoms. The lowest BCUT2D eigenvalue weighted by molar-refractivity contribution is 0.0726. The number of rotatable bonds is 6. The lowest BCUT2D eigenvalue weighted by atomic mass is 10.2. The quantitative estimate of drug-likeness (QED) is 0.321. The zero-order valence-electron chi connectivity index (χ0n) is 18.2. The van der Waals surface area contributed by atoms with Gasteiger partial charge >= 0.3 is 5.97 Å². The summed E-state index contributed by atoms with van der Waals surface area (Å²) in [6, 6.07) is 11.6. The first-order chi connectivity index (χ1) is 16.0. The summed E-state index contributed by atoms with van der Waals surface area (Å²) in [4.78, 5) is 17.0. The minimum atomic E-state index is -0.575. The van der Waals surface area contributed by atoms with Crippen LogP contribution in [0.3, 0.4) is 0 Å². The van der Waals surface area contributed by atoms with E-state index in [9.17, 15) is 9.18 Å². The molecule has 2 heterocycles. The molecule has 5 rings (SSSR count). The molecule has 0 spiro atoms. The van der Waals surface area contributed by atoms with Gasteiger partial charge in [-0.1, -0.05) is 11.2 Å². The van der Waals surface area contributed by atoms with E-state index < -0.39 is 5.97 Å². The van der Waals surface area contributed by atoms with Crippen LogP contribution in [-0.4, -0.2) is 25.9 Å². The van der Waals surface area contributed by atoms with E-state index in [1.165, 1.54) is 10.7 Å². The Kier molecular flexibility index (Phi) is 5.37. The predicted octanol–water partition coefficient (Wildman–Crippen LogP) is 4.30. The summed E-state index contributed by atoms with van der Waals surface area (Å²) in [5.41, 5.74) is 3.03. The maximum absolute atomic E-state index is 14.6. The Hall–Kier alpha value is -4.01. The molecule has 168 valence electrons. The third kappa shape index (κ3) is 4.21. The number of nitrogens with zero attached hydrogens (tertiary/aromatic N) is 4. The zero-order valence-corrected chi connectivity index (χ0v) is 18.2. The molecule has 0 N–H and O–H groups in total. The first-order valence-electron chi connectivity index (χ1n) is 10.6. The Labute approximate surface area is 188 Å². The number of aryl methyl sites for hydroxylation is 2. The fourth-order valence-electron chi connectivity index (χ4n) is 3.89. The predicted molar refractivity (Wildman–Crippen MR) is 115 cm³/mol. The van der Waals surface area contributed by atoms with Gasteiger partial charge < -0.3 is 14.0 Å². The number of hydrogen-bond donors (Lipinski definition) is 0. The van der Waals surface area contributed by atoms with Crippen molar-refractivity contribution in [1.29, 1.82) is 0 Å². The van der Waals surface area contributed by atoms with Crippen molar-refractivity contribution < 1.29 is 23.2 Å². The second-order valence-electron chi connectivity index (χ2n) is 7.88. The van der Waals surface area contributed by atoms with Gasteiger partial charge in [0.1, 0.15) is 23.0 Å². The van der Waals surface area contributed by atoms with Crippen LogP contribution in [0, 0.1) is 19.7 Å². The van der Waals surface area contributed by atoms with Crippen molar-refractivity contribution in [2.45, 2.75) is 39.7 Å². The van der Waals surface area contributed by atoms with E-state index in [2.05, 4.69) is 15.2 Å². The minimum absolute atomic E-state index is 0.138. The number of carbonyl (C=O) groups is 1. The number of halogens is 1. The molecule has 0 radical (unpaired) electrons. The molecule has 33 heavy (non-hydrogen) atoms. The van der Waals surface area contributed by atoms with E-state index in [1.807, 2.05) is 13.0 Å². The van der Waals surface area contributed by atoms with Gasteiger partial charge in [0.05, 0.1) is 0 Å². The number of ether oxygens (including phenoxy) is 2. The van der Waals surface area contributed by atoms with E-state index in [4.69, 9.17) is 14.0 Å². The molecule has 2 aromatic carbocycles. The number of esters is 1. The van der Waals surface area contributed by atoms with Gasteiger partial charge in [-0.3, -0.25) is 0 Å². The summed E-state index contributed by atoms with van der Waals surface area (Å²) in [6.07, 6.45) is 2.32. The van der Waals surface area contributed by atoms with Gasteiger partial charge in [-0.2, -0.15) is 10.1 Å². The normalized spacial score (nSPS) is 12.6. The van der Waals surface area contributed by atoms with Crippen LogP contribution in [0.25, 0.3) is 5.69 Å². The van der Waals surface area contributed by atoms with Crippen molar-refractivity contribution in [2.75, 3.05) is 0 Å². The van der Waals surface area contributed by atoms with Crippen molar-refractivity contribution in [1.82, 2.24) is 19.9 Å². The van der Waals surface area contributed by atoms with Crippen LogP contribution in [0.1, 0.15) is 45.4 Å². The molecule has 1 aliphatic rings. The highest BCUT2D eigenvalue weighted by Gasteiger charge is 2.29. The van der Waals surface area contributed by atoms with Crippen LogP contribution in [0.4, 0.5) is 4.39 Å². The third-order valence-corrected chi connectivity index (χ3v) is 5.42. The van der Waals surface area contributed by atoms with Crippen LogP contribution >= 0.6 is 0 Å². The average molecular weight is 448 g/mol.